The zero-order valence-electron chi connectivity index (χ0n) is 12.9. The molecule has 0 radical (unpaired) electrons. The summed E-state index contributed by atoms with van der Waals surface area (Å²) in [5, 5.41) is 2.51. The highest BCUT2D eigenvalue weighted by molar-refractivity contribution is 5.88. The number of ether oxygens (including phenoxy) is 2. The predicted molar refractivity (Wildman–Crippen MR) is 74.3 cm³/mol. The molecule has 6 nitrogen and oxygen atoms in total. The Morgan fingerprint density at radius 3 is 2.20 bits per heavy atom. The zero-order chi connectivity index (χ0) is 15.8. The number of hydrogen-bond acceptors (Lipinski definition) is 5. The third-order valence-electron chi connectivity index (χ3n) is 2.51. The second kappa shape index (κ2) is 7.87. The highest BCUT2D eigenvalue weighted by Crippen LogP contribution is 2.20. The predicted octanol–water partition coefficient (Wildman–Crippen LogP) is 2.20. The van der Waals surface area contributed by atoms with Crippen molar-refractivity contribution in [1.82, 2.24) is 5.32 Å². The summed E-state index contributed by atoms with van der Waals surface area (Å²) in [5.41, 5.74) is -2.03. The molecule has 0 fully saturated rings. The molecule has 1 atom stereocenters. The lowest BCUT2D eigenvalue weighted by molar-refractivity contribution is -0.152. The van der Waals surface area contributed by atoms with E-state index in [9.17, 15) is 14.4 Å². The minimum Gasteiger partial charge on any atom is -0.464 e. The number of nitrogens with one attached hydrogen (secondary N) is 1. The van der Waals surface area contributed by atoms with E-state index >= 15 is 0 Å². The first-order valence-electron chi connectivity index (χ1n) is 6.82. The maximum absolute atomic E-state index is 12.1. The second-order valence-electron chi connectivity index (χ2n) is 5.55. The molecule has 0 spiro atoms. The number of aldehydes is 1. The minimum atomic E-state index is -1.35. The quantitative estimate of drug-likeness (QED) is 0.573. The third-order valence-corrected chi connectivity index (χ3v) is 2.51. The Morgan fingerprint density at radius 1 is 1.20 bits per heavy atom. The first kappa shape index (κ1) is 18.4. The standard InChI is InChI=1S/C14H25NO5/c1-6-8-14(9-10-16,11(17)19-7-2)15-12(18)20-13(3,4)5/h10H,6-9H2,1-5H3,(H,15,18). The molecule has 0 aliphatic carbocycles. The van der Waals surface area contributed by atoms with Gasteiger partial charge in [0.05, 0.1) is 6.61 Å². The van der Waals surface area contributed by atoms with Gasteiger partial charge in [-0.25, -0.2) is 9.59 Å². The number of carbonyl (C=O) groups excluding carboxylic acids is 3. The van der Waals surface area contributed by atoms with E-state index in [4.69, 9.17) is 9.47 Å². The van der Waals surface area contributed by atoms with Crippen LogP contribution in [0.4, 0.5) is 4.79 Å². The summed E-state index contributed by atoms with van der Waals surface area (Å²) in [4.78, 5) is 34.8. The van der Waals surface area contributed by atoms with Crippen LogP contribution in [-0.2, 0) is 19.1 Å². The van der Waals surface area contributed by atoms with Crippen molar-refractivity contribution in [2.75, 3.05) is 6.61 Å². The largest absolute Gasteiger partial charge is 0.464 e. The van der Waals surface area contributed by atoms with E-state index in [1.54, 1.807) is 27.7 Å². The lowest BCUT2D eigenvalue weighted by atomic mass is 9.90. The second-order valence-corrected chi connectivity index (χ2v) is 5.55. The van der Waals surface area contributed by atoms with Crippen LogP contribution in [0.1, 0.15) is 53.9 Å². The topological polar surface area (TPSA) is 81.7 Å². The van der Waals surface area contributed by atoms with Crippen LogP contribution in [0.15, 0.2) is 0 Å². The first-order valence-corrected chi connectivity index (χ1v) is 6.82. The molecular formula is C14H25NO5. The molecular weight excluding hydrogens is 262 g/mol. The molecule has 0 aliphatic heterocycles. The van der Waals surface area contributed by atoms with Crippen molar-refractivity contribution in [1.29, 1.82) is 0 Å². The number of carbonyl (C=O) groups is 3. The molecule has 0 saturated carbocycles. The summed E-state index contributed by atoms with van der Waals surface area (Å²) in [7, 11) is 0. The zero-order valence-corrected chi connectivity index (χ0v) is 12.9. The Kier molecular flexibility index (Phi) is 7.24. The van der Waals surface area contributed by atoms with Gasteiger partial charge in [0.2, 0.25) is 0 Å². The average Bonchev–Trinajstić information content (AvgIpc) is 2.26. The summed E-state index contributed by atoms with van der Waals surface area (Å²) in [6.45, 7) is 8.87. The van der Waals surface area contributed by atoms with E-state index in [1.807, 2.05) is 6.92 Å². The Balaban J connectivity index is 5.13. The van der Waals surface area contributed by atoms with Crippen LogP contribution < -0.4 is 5.32 Å². The van der Waals surface area contributed by atoms with Gasteiger partial charge in [0, 0.05) is 6.42 Å². The van der Waals surface area contributed by atoms with Crippen LogP contribution in [0, 0.1) is 0 Å². The van der Waals surface area contributed by atoms with Gasteiger partial charge >= 0.3 is 12.1 Å². The molecule has 1 unspecified atom stereocenters. The van der Waals surface area contributed by atoms with Crippen LogP contribution >= 0.6 is 0 Å². The first-order chi connectivity index (χ1) is 9.20. The van der Waals surface area contributed by atoms with Crippen molar-refractivity contribution in [2.45, 2.75) is 65.0 Å². The highest BCUT2D eigenvalue weighted by atomic mass is 16.6. The molecule has 0 aromatic rings. The average molecular weight is 287 g/mol. The number of hydrogen-bond donors (Lipinski definition) is 1. The van der Waals surface area contributed by atoms with Crippen molar-refractivity contribution in [3.63, 3.8) is 0 Å². The lowest BCUT2D eigenvalue weighted by Gasteiger charge is -2.31. The van der Waals surface area contributed by atoms with E-state index in [1.165, 1.54) is 0 Å². The fourth-order valence-corrected chi connectivity index (χ4v) is 1.79. The number of esters is 1. The molecule has 0 saturated heterocycles. The van der Waals surface area contributed by atoms with Crippen LogP contribution in [0.5, 0.6) is 0 Å². The van der Waals surface area contributed by atoms with Gasteiger partial charge in [0.25, 0.3) is 0 Å². The van der Waals surface area contributed by atoms with Gasteiger partial charge in [-0.1, -0.05) is 13.3 Å². The maximum Gasteiger partial charge on any atom is 0.408 e. The van der Waals surface area contributed by atoms with Crippen molar-refractivity contribution in [3.8, 4) is 0 Å². The fourth-order valence-electron chi connectivity index (χ4n) is 1.79. The van der Waals surface area contributed by atoms with Crippen molar-refractivity contribution in [2.24, 2.45) is 0 Å². The van der Waals surface area contributed by atoms with Crippen molar-refractivity contribution in [3.05, 3.63) is 0 Å². The van der Waals surface area contributed by atoms with E-state index in [0.717, 1.165) is 0 Å². The van der Waals surface area contributed by atoms with Gasteiger partial charge in [-0.2, -0.15) is 0 Å². The summed E-state index contributed by atoms with van der Waals surface area (Å²) in [6, 6.07) is 0. The molecule has 1 amide bonds. The van der Waals surface area contributed by atoms with Crippen molar-refractivity contribution < 1.29 is 23.9 Å². The lowest BCUT2D eigenvalue weighted by Crippen LogP contribution is -2.56. The summed E-state index contributed by atoms with van der Waals surface area (Å²) in [6.07, 6.45) is 0.649. The van der Waals surface area contributed by atoms with Crippen molar-refractivity contribution >= 4 is 18.3 Å². The Labute approximate surface area is 120 Å². The third kappa shape index (κ3) is 6.04. The monoisotopic (exact) mass is 287 g/mol. The summed E-state index contributed by atoms with van der Waals surface area (Å²) >= 11 is 0. The van der Waals surface area contributed by atoms with Gasteiger partial charge in [-0.15, -0.1) is 0 Å². The maximum atomic E-state index is 12.1. The van der Waals surface area contributed by atoms with E-state index in [-0.39, 0.29) is 13.0 Å². The van der Waals surface area contributed by atoms with Crippen LogP contribution in [0.2, 0.25) is 0 Å². The van der Waals surface area contributed by atoms with E-state index < -0.39 is 23.2 Å². The van der Waals surface area contributed by atoms with E-state index in [0.29, 0.717) is 19.1 Å². The van der Waals surface area contributed by atoms with Crippen LogP contribution in [-0.4, -0.2) is 36.1 Å². The van der Waals surface area contributed by atoms with E-state index in [2.05, 4.69) is 5.32 Å². The summed E-state index contributed by atoms with van der Waals surface area (Å²) < 4.78 is 10.1. The van der Waals surface area contributed by atoms with Gasteiger partial charge in [-0.05, 0) is 34.1 Å². The molecule has 0 rings (SSSR count). The molecule has 6 heteroatoms. The molecule has 20 heavy (non-hydrogen) atoms. The molecule has 1 N–H and O–H groups in total. The molecule has 0 aliphatic rings. The highest BCUT2D eigenvalue weighted by Gasteiger charge is 2.41. The molecule has 0 aromatic heterocycles. The summed E-state index contributed by atoms with van der Waals surface area (Å²) in [5.74, 6) is -0.611. The normalized spacial score (nSPS) is 14.1. The minimum absolute atomic E-state index is 0.140. The molecule has 116 valence electrons. The van der Waals surface area contributed by atoms with Gasteiger partial charge in [0.1, 0.15) is 17.4 Å². The Bertz CT molecular complexity index is 348. The Morgan fingerprint density at radius 2 is 1.80 bits per heavy atom. The van der Waals surface area contributed by atoms with Gasteiger partial charge in [-0.3, -0.25) is 0 Å². The SMILES string of the molecule is CCCC(CC=O)(NC(=O)OC(C)(C)C)C(=O)OCC. The van der Waals surface area contributed by atoms with Gasteiger partial charge in [0.15, 0.2) is 0 Å². The van der Waals surface area contributed by atoms with Gasteiger partial charge < -0.3 is 19.6 Å². The van der Waals surface area contributed by atoms with Crippen LogP contribution in [0.3, 0.4) is 0 Å². The number of amides is 1. The molecule has 0 aromatic carbocycles. The Hall–Kier alpha value is -1.59. The molecule has 0 heterocycles. The van der Waals surface area contributed by atoms with Crippen LogP contribution in [0.25, 0.3) is 0 Å². The number of alkyl carbamates (subject to hydrolysis) is 1. The fraction of sp³-hybridized carbons (Fsp3) is 0.786. The number of rotatable bonds is 7. The smallest absolute Gasteiger partial charge is 0.408 e. The molecule has 0 bridgehead atoms.